The molecule has 0 saturated heterocycles. The van der Waals surface area contributed by atoms with Gasteiger partial charge in [0.25, 0.3) is 0 Å². The van der Waals surface area contributed by atoms with Gasteiger partial charge in [-0.25, -0.2) is 4.79 Å². The summed E-state index contributed by atoms with van der Waals surface area (Å²) >= 11 is 3.80. The first kappa shape index (κ1) is 15.0. The maximum Gasteiger partial charge on any atom is 0.377 e. The van der Waals surface area contributed by atoms with E-state index in [2.05, 4.69) is 17.4 Å². The van der Waals surface area contributed by atoms with Crippen molar-refractivity contribution in [2.45, 2.75) is 12.2 Å². The van der Waals surface area contributed by atoms with Gasteiger partial charge in [0.15, 0.2) is 11.9 Å². The molecule has 94 valence electrons. The van der Waals surface area contributed by atoms with Gasteiger partial charge in [0, 0.05) is 12.3 Å². The van der Waals surface area contributed by atoms with E-state index in [1.807, 2.05) is 0 Å². The Morgan fingerprint density at radius 2 is 2.00 bits per heavy atom. The molecule has 1 heterocycles. The van der Waals surface area contributed by atoms with Crippen LogP contribution in [0.5, 0.6) is 0 Å². The fourth-order valence-electron chi connectivity index (χ4n) is 0.823. The van der Waals surface area contributed by atoms with E-state index >= 15 is 0 Å². The van der Waals surface area contributed by atoms with Crippen LogP contribution in [-0.2, 0) is 9.53 Å². The van der Waals surface area contributed by atoms with E-state index in [1.165, 1.54) is 0 Å². The first-order chi connectivity index (χ1) is 7.49. The van der Waals surface area contributed by atoms with Crippen LogP contribution in [0.2, 0.25) is 0 Å². The second kappa shape index (κ2) is 7.34. The molecule has 0 aliphatic carbocycles. The highest BCUT2D eigenvalue weighted by Crippen LogP contribution is 2.20. The van der Waals surface area contributed by atoms with Crippen molar-refractivity contribution in [2.24, 2.45) is 5.73 Å². The van der Waals surface area contributed by atoms with Gasteiger partial charge < -0.3 is 30.9 Å². The van der Waals surface area contributed by atoms with Gasteiger partial charge in [0.2, 0.25) is 5.76 Å². The molecule has 0 amide bonds. The highest BCUT2D eigenvalue weighted by atomic mass is 32.1. The number of carbonyl (C=O) groups is 1. The summed E-state index contributed by atoms with van der Waals surface area (Å²) < 4.78 is 4.32. The summed E-state index contributed by atoms with van der Waals surface area (Å²) in [6.45, 7) is 0.0123. The SMILES string of the molecule is NCCS.O=C1O[C@H]([C@@H](O)CO)C(O)=C1O. The van der Waals surface area contributed by atoms with Crippen molar-refractivity contribution < 1.29 is 30.0 Å². The molecule has 0 saturated carbocycles. The van der Waals surface area contributed by atoms with Crippen molar-refractivity contribution in [3.8, 4) is 0 Å². The molecule has 8 heteroatoms. The Kier molecular flexibility index (Phi) is 6.90. The third-order valence-corrected chi connectivity index (χ3v) is 1.86. The molecule has 16 heavy (non-hydrogen) atoms. The number of hydrogen-bond acceptors (Lipinski definition) is 8. The second-order valence-electron chi connectivity index (χ2n) is 2.82. The number of rotatable bonds is 3. The number of nitrogens with two attached hydrogens (primary N) is 1. The average molecular weight is 253 g/mol. The lowest BCUT2D eigenvalue weighted by Crippen LogP contribution is -2.31. The van der Waals surface area contributed by atoms with E-state index in [0.29, 0.717) is 6.54 Å². The monoisotopic (exact) mass is 253 g/mol. The van der Waals surface area contributed by atoms with Gasteiger partial charge in [-0.1, -0.05) is 0 Å². The minimum atomic E-state index is -1.42. The molecule has 0 unspecified atom stereocenters. The van der Waals surface area contributed by atoms with Crippen LogP contribution in [0, 0.1) is 0 Å². The zero-order valence-corrected chi connectivity index (χ0v) is 9.30. The zero-order chi connectivity index (χ0) is 12.7. The summed E-state index contributed by atoms with van der Waals surface area (Å²) in [6, 6.07) is 0. The minimum Gasteiger partial charge on any atom is -0.505 e. The van der Waals surface area contributed by atoms with Gasteiger partial charge in [-0.2, -0.15) is 12.6 Å². The molecule has 2 atom stereocenters. The number of ether oxygens (including phenoxy) is 1. The Balaban J connectivity index is 0.000000487. The summed E-state index contributed by atoms with van der Waals surface area (Å²) in [5.41, 5.74) is 4.95. The molecule has 0 radical (unpaired) electrons. The molecular formula is C8H15NO6S. The molecule has 0 bridgehead atoms. The Bertz CT molecular complexity index is 267. The maximum absolute atomic E-state index is 10.5. The lowest BCUT2D eigenvalue weighted by molar-refractivity contribution is -0.147. The van der Waals surface area contributed by atoms with Gasteiger partial charge in [-0.3, -0.25) is 0 Å². The van der Waals surface area contributed by atoms with Gasteiger partial charge in [0.1, 0.15) is 6.10 Å². The second-order valence-corrected chi connectivity index (χ2v) is 3.27. The number of aliphatic hydroxyl groups excluding tert-OH is 4. The van der Waals surface area contributed by atoms with Gasteiger partial charge >= 0.3 is 5.97 Å². The van der Waals surface area contributed by atoms with Crippen LogP contribution in [0.4, 0.5) is 0 Å². The van der Waals surface area contributed by atoms with Gasteiger partial charge in [-0.05, 0) is 0 Å². The number of aliphatic hydroxyl groups is 4. The molecule has 0 aromatic rings. The topological polar surface area (TPSA) is 133 Å². The van der Waals surface area contributed by atoms with Crippen molar-refractivity contribution in [2.75, 3.05) is 18.9 Å². The zero-order valence-electron chi connectivity index (χ0n) is 8.41. The average Bonchev–Trinajstić information content (AvgIpc) is 2.56. The van der Waals surface area contributed by atoms with Crippen LogP contribution in [0.1, 0.15) is 0 Å². The summed E-state index contributed by atoms with van der Waals surface area (Å²) in [4.78, 5) is 10.5. The molecule has 1 rings (SSSR count). The lowest BCUT2D eigenvalue weighted by Gasteiger charge is -2.13. The Labute approximate surface area is 97.6 Å². The highest BCUT2D eigenvalue weighted by Gasteiger charge is 2.38. The van der Waals surface area contributed by atoms with Crippen molar-refractivity contribution in [3.05, 3.63) is 11.5 Å². The summed E-state index contributed by atoms with van der Waals surface area (Å²) in [5.74, 6) is -1.99. The predicted molar refractivity (Wildman–Crippen MR) is 58.2 cm³/mol. The largest absolute Gasteiger partial charge is 0.505 e. The van der Waals surface area contributed by atoms with E-state index in [-0.39, 0.29) is 0 Å². The first-order valence-electron chi connectivity index (χ1n) is 4.42. The van der Waals surface area contributed by atoms with Crippen LogP contribution in [0.15, 0.2) is 11.5 Å². The predicted octanol–water partition coefficient (Wildman–Crippen LogP) is -1.53. The summed E-state index contributed by atoms with van der Waals surface area (Å²) in [5, 5.41) is 35.0. The quantitative estimate of drug-likeness (QED) is 0.265. The molecule has 6 N–H and O–H groups in total. The number of hydrogen-bond donors (Lipinski definition) is 6. The standard InChI is InChI=1S/C6H8O6.C2H7NS/c7-1-2(8)5-3(9)4(10)6(11)12-5;3-1-2-4/h2,5,7-10H,1H2;4H,1-3H2/t2-,5+;/m0./s1. The van der Waals surface area contributed by atoms with Crippen molar-refractivity contribution in [1.82, 2.24) is 0 Å². The van der Waals surface area contributed by atoms with Crippen LogP contribution in [0.3, 0.4) is 0 Å². The molecule has 0 aromatic carbocycles. The number of thiol groups is 1. The van der Waals surface area contributed by atoms with Crippen LogP contribution < -0.4 is 5.73 Å². The van der Waals surface area contributed by atoms with E-state index < -0.39 is 36.3 Å². The molecule has 0 aromatic heterocycles. The van der Waals surface area contributed by atoms with Crippen molar-refractivity contribution in [3.63, 3.8) is 0 Å². The van der Waals surface area contributed by atoms with E-state index in [9.17, 15) is 4.79 Å². The van der Waals surface area contributed by atoms with E-state index in [4.69, 9.17) is 26.2 Å². The van der Waals surface area contributed by atoms with Crippen LogP contribution in [0.25, 0.3) is 0 Å². The van der Waals surface area contributed by atoms with Crippen molar-refractivity contribution in [1.29, 1.82) is 0 Å². The third kappa shape index (κ3) is 3.89. The molecule has 1 aliphatic heterocycles. The van der Waals surface area contributed by atoms with Gasteiger partial charge in [0.05, 0.1) is 6.61 Å². The molecular weight excluding hydrogens is 238 g/mol. The summed E-state index contributed by atoms with van der Waals surface area (Å²) in [7, 11) is 0. The molecule has 1 aliphatic rings. The van der Waals surface area contributed by atoms with Crippen LogP contribution >= 0.6 is 12.6 Å². The maximum atomic E-state index is 10.5. The first-order valence-corrected chi connectivity index (χ1v) is 5.05. The number of cyclic esters (lactones) is 1. The lowest BCUT2D eigenvalue weighted by atomic mass is 10.2. The molecule has 0 fully saturated rings. The fraction of sp³-hybridized carbons (Fsp3) is 0.625. The van der Waals surface area contributed by atoms with Crippen LogP contribution in [-0.4, -0.2) is 57.5 Å². The van der Waals surface area contributed by atoms with Crippen molar-refractivity contribution >= 4 is 18.6 Å². The third-order valence-electron chi connectivity index (χ3n) is 1.61. The fourth-order valence-corrected chi connectivity index (χ4v) is 0.823. The normalized spacial score (nSPS) is 21.2. The smallest absolute Gasteiger partial charge is 0.377 e. The van der Waals surface area contributed by atoms with E-state index in [1.54, 1.807) is 0 Å². The number of esters is 1. The Morgan fingerprint density at radius 3 is 2.25 bits per heavy atom. The molecule has 0 spiro atoms. The minimum absolute atomic E-state index is 0.671. The van der Waals surface area contributed by atoms with E-state index in [0.717, 1.165) is 5.75 Å². The highest BCUT2D eigenvalue weighted by molar-refractivity contribution is 7.80. The molecule has 7 nitrogen and oxygen atoms in total. The van der Waals surface area contributed by atoms with Gasteiger partial charge in [-0.15, -0.1) is 0 Å². The number of carbonyl (C=O) groups excluding carboxylic acids is 1. The summed E-state index contributed by atoms with van der Waals surface area (Å²) in [6.07, 6.45) is -2.78. The Morgan fingerprint density at radius 1 is 1.50 bits per heavy atom. The Hall–Kier alpha value is -0.960.